The van der Waals surface area contributed by atoms with E-state index in [1.54, 1.807) is 11.3 Å². The summed E-state index contributed by atoms with van der Waals surface area (Å²) in [6.45, 7) is 6.94. The van der Waals surface area contributed by atoms with Crippen LogP contribution in [0.5, 0.6) is 0 Å². The van der Waals surface area contributed by atoms with E-state index in [4.69, 9.17) is 9.72 Å². The number of aryl methyl sites for hydroxylation is 1. The maximum absolute atomic E-state index is 12.2. The molecule has 0 radical (unpaired) electrons. The molecular formula is C19H27N3O2S. The Kier molecular flexibility index (Phi) is 3.82. The van der Waals surface area contributed by atoms with E-state index in [0.29, 0.717) is 24.7 Å². The first-order valence-electron chi connectivity index (χ1n) is 9.77. The van der Waals surface area contributed by atoms with Gasteiger partial charge in [-0.3, -0.25) is 4.90 Å². The Morgan fingerprint density at radius 3 is 2.48 bits per heavy atom. The summed E-state index contributed by atoms with van der Waals surface area (Å²) >= 11 is 1.78. The second-order valence-corrected chi connectivity index (χ2v) is 9.28. The zero-order valence-electron chi connectivity index (χ0n) is 15.1. The van der Waals surface area contributed by atoms with E-state index < -0.39 is 0 Å². The lowest BCUT2D eigenvalue weighted by Gasteiger charge is -2.42. The van der Waals surface area contributed by atoms with Gasteiger partial charge in [-0.25, -0.2) is 9.78 Å². The topological polar surface area (TPSA) is 45.7 Å². The zero-order chi connectivity index (χ0) is 17.1. The number of fused-ring (bicyclic) bond motifs is 3. The third kappa shape index (κ3) is 2.60. The summed E-state index contributed by atoms with van der Waals surface area (Å²) < 4.78 is 5.28. The normalized spacial score (nSPS) is 39.5. The van der Waals surface area contributed by atoms with Crippen LogP contribution >= 0.6 is 11.3 Å². The largest absolute Gasteiger partial charge is 0.450 e. The van der Waals surface area contributed by atoms with Crippen LogP contribution in [-0.2, 0) is 4.74 Å². The minimum Gasteiger partial charge on any atom is -0.450 e. The monoisotopic (exact) mass is 361 g/mol. The minimum atomic E-state index is -0.0864. The van der Waals surface area contributed by atoms with Gasteiger partial charge in [-0.1, -0.05) is 0 Å². The molecule has 5 nitrogen and oxygen atoms in total. The van der Waals surface area contributed by atoms with E-state index in [2.05, 4.69) is 22.1 Å². The van der Waals surface area contributed by atoms with Gasteiger partial charge in [-0.2, -0.15) is 0 Å². The van der Waals surface area contributed by atoms with E-state index in [-0.39, 0.29) is 6.09 Å². The highest BCUT2D eigenvalue weighted by Crippen LogP contribution is 2.59. The molecule has 1 amide bonds. The van der Waals surface area contributed by atoms with Crippen LogP contribution in [0.3, 0.4) is 0 Å². The summed E-state index contributed by atoms with van der Waals surface area (Å²) in [4.78, 5) is 21.7. The molecule has 2 bridgehead atoms. The lowest BCUT2D eigenvalue weighted by Crippen LogP contribution is -2.52. The third-order valence-corrected chi connectivity index (χ3v) is 7.70. The van der Waals surface area contributed by atoms with E-state index >= 15 is 0 Å². The Morgan fingerprint density at radius 2 is 1.92 bits per heavy atom. The quantitative estimate of drug-likeness (QED) is 0.829. The van der Waals surface area contributed by atoms with Crippen LogP contribution in [0.1, 0.15) is 49.2 Å². The van der Waals surface area contributed by atoms with Gasteiger partial charge < -0.3 is 9.64 Å². The number of aromatic nitrogens is 1. The summed E-state index contributed by atoms with van der Waals surface area (Å²) in [6, 6.07) is 1.46. The molecule has 1 aliphatic carbocycles. The maximum atomic E-state index is 12.2. The highest BCUT2D eigenvalue weighted by atomic mass is 32.1. The number of likely N-dealkylation sites (tertiary alicyclic amines) is 1. The molecule has 136 valence electrons. The molecule has 5 rings (SSSR count). The molecule has 5 atom stereocenters. The number of rotatable bonds is 3. The highest BCUT2D eigenvalue weighted by Gasteiger charge is 2.59. The third-order valence-electron chi connectivity index (χ3n) is 6.90. The van der Waals surface area contributed by atoms with Gasteiger partial charge in [-0.15, -0.1) is 11.3 Å². The highest BCUT2D eigenvalue weighted by molar-refractivity contribution is 7.09. The molecule has 1 saturated carbocycles. The van der Waals surface area contributed by atoms with Gasteiger partial charge in [0.05, 0.1) is 17.3 Å². The number of carbonyl (C=O) groups excluding carboxylic acids is 1. The Bertz CT molecular complexity index is 651. The second kappa shape index (κ2) is 5.95. The van der Waals surface area contributed by atoms with Crippen LogP contribution in [0.25, 0.3) is 0 Å². The van der Waals surface area contributed by atoms with Crippen LogP contribution in [-0.4, -0.2) is 58.7 Å². The number of nitrogens with zero attached hydrogens (tertiary/aromatic N) is 3. The minimum absolute atomic E-state index is 0.0864. The molecule has 3 aliphatic heterocycles. The fourth-order valence-electron chi connectivity index (χ4n) is 5.77. The Morgan fingerprint density at radius 1 is 1.24 bits per heavy atom. The predicted octanol–water partition coefficient (Wildman–Crippen LogP) is 3.25. The number of ether oxygens (including phenoxy) is 1. The molecule has 25 heavy (non-hydrogen) atoms. The fraction of sp³-hybridized carbons (Fsp3) is 0.789. The van der Waals surface area contributed by atoms with Crippen molar-refractivity contribution in [1.82, 2.24) is 14.8 Å². The van der Waals surface area contributed by atoms with E-state index in [1.807, 2.05) is 6.92 Å². The summed E-state index contributed by atoms with van der Waals surface area (Å²) in [6.07, 6.45) is 4.49. The molecule has 4 heterocycles. The molecule has 4 aliphatic rings. The molecule has 2 unspecified atom stereocenters. The van der Waals surface area contributed by atoms with E-state index in [0.717, 1.165) is 43.4 Å². The molecule has 0 spiro atoms. The van der Waals surface area contributed by atoms with Crippen molar-refractivity contribution in [3.05, 3.63) is 16.1 Å². The van der Waals surface area contributed by atoms with Crippen LogP contribution in [0.4, 0.5) is 4.79 Å². The zero-order valence-corrected chi connectivity index (χ0v) is 15.9. The maximum Gasteiger partial charge on any atom is 0.410 e. The Balaban J connectivity index is 1.20. The van der Waals surface area contributed by atoms with Crippen molar-refractivity contribution in [2.75, 3.05) is 19.7 Å². The lowest BCUT2D eigenvalue weighted by atomic mass is 9.96. The molecule has 0 N–H and O–H groups in total. The number of carbonyl (C=O) groups is 1. The lowest BCUT2D eigenvalue weighted by molar-refractivity contribution is 0.0438. The van der Waals surface area contributed by atoms with Crippen LogP contribution in [0, 0.1) is 18.8 Å². The number of thiazole rings is 1. The van der Waals surface area contributed by atoms with Crippen LogP contribution < -0.4 is 0 Å². The molecule has 1 aromatic rings. The Hall–Kier alpha value is -1.14. The van der Waals surface area contributed by atoms with Gasteiger partial charge in [-0.05, 0) is 51.4 Å². The van der Waals surface area contributed by atoms with Crippen LogP contribution in [0.15, 0.2) is 5.38 Å². The molecule has 6 heteroatoms. The smallest absolute Gasteiger partial charge is 0.410 e. The van der Waals surface area contributed by atoms with E-state index in [1.165, 1.54) is 23.8 Å². The van der Waals surface area contributed by atoms with Crippen molar-refractivity contribution < 1.29 is 9.53 Å². The molecule has 3 saturated heterocycles. The predicted molar refractivity (Wildman–Crippen MR) is 96.8 cm³/mol. The van der Waals surface area contributed by atoms with Gasteiger partial charge in [0.25, 0.3) is 0 Å². The fourth-order valence-corrected chi connectivity index (χ4v) is 6.43. The standard InChI is InChI=1S/C19H27N3O2S/c1-3-24-19(23)22-12-4-5-13(22)7-14(6-12)21-8-15-16(9-21)18(15)17-10-25-11(2)20-17/h10,12-16,18H,3-9H2,1-2H3/t12?,13?,14?,15-,16+,18+. The van der Waals surface area contributed by atoms with Crippen LogP contribution in [0.2, 0.25) is 0 Å². The van der Waals surface area contributed by atoms with Crippen molar-refractivity contribution >= 4 is 17.4 Å². The van der Waals surface area contributed by atoms with Crippen molar-refractivity contribution in [2.24, 2.45) is 11.8 Å². The summed E-state index contributed by atoms with van der Waals surface area (Å²) in [5.74, 6) is 2.36. The Labute approximate surface area is 153 Å². The summed E-state index contributed by atoms with van der Waals surface area (Å²) in [7, 11) is 0. The first-order chi connectivity index (χ1) is 12.2. The van der Waals surface area contributed by atoms with Gasteiger partial charge in [0.15, 0.2) is 0 Å². The van der Waals surface area contributed by atoms with Gasteiger partial charge >= 0.3 is 6.09 Å². The van der Waals surface area contributed by atoms with Gasteiger partial charge in [0.2, 0.25) is 0 Å². The van der Waals surface area contributed by atoms with Gasteiger partial charge in [0, 0.05) is 42.5 Å². The number of hydrogen-bond acceptors (Lipinski definition) is 5. The number of amides is 1. The van der Waals surface area contributed by atoms with E-state index in [9.17, 15) is 4.79 Å². The second-order valence-electron chi connectivity index (χ2n) is 8.22. The average molecular weight is 362 g/mol. The molecule has 0 aromatic carbocycles. The van der Waals surface area contributed by atoms with Crippen molar-refractivity contribution in [2.45, 2.75) is 63.6 Å². The van der Waals surface area contributed by atoms with Crippen molar-refractivity contribution in [3.8, 4) is 0 Å². The van der Waals surface area contributed by atoms with Crippen molar-refractivity contribution in [1.29, 1.82) is 0 Å². The summed E-state index contributed by atoms with van der Waals surface area (Å²) in [5, 5.41) is 3.46. The first-order valence-corrected chi connectivity index (χ1v) is 10.6. The molecular weight excluding hydrogens is 334 g/mol. The first kappa shape index (κ1) is 16.1. The SMILES string of the molecule is CCOC(=O)N1C2CCC1CC(N1C[C@@H]3[C@H](C1)[C@H]3c1csc(C)n1)C2. The summed E-state index contributed by atoms with van der Waals surface area (Å²) in [5.41, 5.74) is 1.34. The number of hydrogen-bond donors (Lipinski definition) is 0. The van der Waals surface area contributed by atoms with Crippen molar-refractivity contribution in [3.63, 3.8) is 0 Å². The molecule has 4 fully saturated rings. The number of piperidine rings is 2. The average Bonchev–Trinajstić information content (AvgIpc) is 2.95. The van der Waals surface area contributed by atoms with Gasteiger partial charge in [0.1, 0.15) is 0 Å². The molecule has 1 aromatic heterocycles.